The van der Waals surface area contributed by atoms with Crippen LogP contribution in [0.15, 0.2) is 47.6 Å². The number of hydrogen-bond acceptors (Lipinski definition) is 4. The highest BCUT2D eigenvalue weighted by molar-refractivity contribution is 7.99. The Balaban J connectivity index is 1.61. The maximum absolute atomic E-state index is 14.5. The average Bonchev–Trinajstić information content (AvgIpc) is 3.32. The van der Waals surface area contributed by atoms with E-state index < -0.39 is 17.5 Å². The van der Waals surface area contributed by atoms with Crippen LogP contribution in [0.3, 0.4) is 0 Å². The number of thioether (sulfide) groups is 1. The maximum Gasteiger partial charge on any atom is 0.291 e. The number of carbonyl (C=O) groups is 1. The van der Waals surface area contributed by atoms with Crippen molar-refractivity contribution in [3.05, 3.63) is 48.3 Å². The van der Waals surface area contributed by atoms with Crippen molar-refractivity contribution in [2.45, 2.75) is 30.3 Å². The summed E-state index contributed by atoms with van der Waals surface area (Å²) in [4.78, 5) is 19.0. The van der Waals surface area contributed by atoms with E-state index >= 15 is 0 Å². The van der Waals surface area contributed by atoms with Gasteiger partial charge in [0.15, 0.2) is 5.16 Å². The van der Waals surface area contributed by atoms with Gasteiger partial charge >= 0.3 is 0 Å². The number of carbonyl (C=O) groups excluding carboxylic acids is 1. The van der Waals surface area contributed by atoms with E-state index in [-0.39, 0.29) is 29.2 Å². The molecular weight excluding hydrogens is 401 g/mol. The molecule has 4 rings (SSSR count). The first-order valence-corrected chi connectivity index (χ1v) is 10.1. The molecule has 0 atom stereocenters. The number of para-hydroxylation sites is 3. The number of fused-ring (bicyclic) bond motifs is 1. The lowest BCUT2D eigenvalue weighted by Crippen LogP contribution is -2.24. The smallest absolute Gasteiger partial charge is 0.291 e. The van der Waals surface area contributed by atoms with Crippen LogP contribution in [0.5, 0.6) is 0 Å². The van der Waals surface area contributed by atoms with Gasteiger partial charge in [-0.3, -0.25) is 4.79 Å². The first kappa shape index (κ1) is 19.6. The average molecular weight is 420 g/mol. The Labute approximate surface area is 169 Å². The van der Waals surface area contributed by atoms with E-state index in [9.17, 15) is 18.0 Å². The fourth-order valence-electron chi connectivity index (χ4n) is 3.56. The molecule has 0 radical (unpaired) electrons. The van der Waals surface area contributed by atoms with Crippen molar-refractivity contribution in [3.8, 4) is 0 Å². The number of halogens is 3. The zero-order valence-corrected chi connectivity index (χ0v) is 16.3. The second kappa shape index (κ2) is 8.36. The zero-order valence-electron chi connectivity index (χ0n) is 15.4. The van der Waals surface area contributed by atoms with E-state index in [2.05, 4.69) is 10.3 Å². The molecule has 0 aliphatic carbocycles. The molecule has 3 aromatic rings. The lowest BCUT2D eigenvalue weighted by molar-refractivity contribution is -0.116. The number of rotatable bonds is 6. The number of hydrogen-bond donors (Lipinski definition) is 1. The van der Waals surface area contributed by atoms with Crippen molar-refractivity contribution >= 4 is 40.1 Å². The van der Waals surface area contributed by atoms with Crippen LogP contribution >= 0.6 is 11.8 Å². The summed E-state index contributed by atoms with van der Waals surface area (Å²) >= 11 is 0.282. The summed E-state index contributed by atoms with van der Waals surface area (Å²) in [7, 11) is 0. The third kappa shape index (κ3) is 4.19. The molecule has 1 fully saturated rings. The highest BCUT2D eigenvalue weighted by atomic mass is 32.2. The fourth-order valence-corrected chi connectivity index (χ4v) is 4.16. The summed E-state index contributed by atoms with van der Waals surface area (Å²) in [6.07, 6.45) is 2.03. The van der Waals surface area contributed by atoms with E-state index in [0.717, 1.165) is 25.9 Å². The SMILES string of the molecule is O=C(Cn1c(SC(F)F)nc2ccccc21)Nc1c(F)cccc1N1CCCC1. The van der Waals surface area contributed by atoms with Crippen LogP contribution in [0.2, 0.25) is 0 Å². The molecule has 1 aliphatic rings. The van der Waals surface area contributed by atoms with E-state index in [1.807, 2.05) is 4.90 Å². The summed E-state index contributed by atoms with van der Waals surface area (Å²) in [6, 6.07) is 11.6. The quantitative estimate of drug-likeness (QED) is 0.586. The van der Waals surface area contributed by atoms with Gasteiger partial charge in [-0.1, -0.05) is 18.2 Å². The van der Waals surface area contributed by atoms with Gasteiger partial charge in [-0.05, 0) is 48.9 Å². The van der Waals surface area contributed by atoms with Gasteiger partial charge in [0.05, 0.1) is 16.7 Å². The Morgan fingerprint density at radius 1 is 1.14 bits per heavy atom. The standard InChI is InChI=1S/C20H19F3N4OS/c21-13-6-5-9-16(26-10-3-4-11-26)18(13)25-17(28)12-27-15-8-2-1-7-14(15)24-20(27)29-19(22)23/h1-2,5-9,19H,3-4,10-12H2,(H,25,28). The van der Waals surface area contributed by atoms with Crippen molar-refractivity contribution in [3.63, 3.8) is 0 Å². The molecule has 1 N–H and O–H groups in total. The maximum atomic E-state index is 14.5. The van der Waals surface area contributed by atoms with Gasteiger partial charge in [-0.2, -0.15) is 8.78 Å². The lowest BCUT2D eigenvalue weighted by atomic mass is 10.2. The second-order valence-corrected chi connectivity index (χ2v) is 7.68. The van der Waals surface area contributed by atoms with E-state index in [1.165, 1.54) is 10.6 Å². The fraction of sp³-hybridized carbons (Fsp3) is 0.300. The Bertz CT molecular complexity index is 1030. The Morgan fingerprint density at radius 2 is 1.90 bits per heavy atom. The highest BCUT2D eigenvalue weighted by Crippen LogP contribution is 2.32. The molecule has 0 spiro atoms. The second-order valence-electron chi connectivity index (χ2n) is 6.72. The third-order valence-electron chi connectivity index (χ3n) is 4.82. The van der Waals surface area contributed by atoms with Crippen LogP contribution in [-0.2, 0) is 11.3 Å². The number of aromatic nitrogens is 2. The van der Waals surface area contributed by atoms with Crippen LogP contribution in [0.1, 0.15) is 12.8 Å². The first-order chi connectivity index (χ1) is 14.0. The molecule has 5 nitrogen and oxygen atoms in total. The molecule has 0 saturated carbocycles. The summed E-state index contributed by atoms with van der Waals surface area (Å²) < 4.78 is 41.8. The summed E-state index contributed by atoms with van der Waals surface area (Å²) in [5.41, 5.74) is 1.84. The van der Waals surface area contributed by atoms with Crippen molar-refractivity contribution < 1.29 is 18.0 Å². The van der Waals surface area contributed by atoms with Gasteiger partial charge in [-0.15, -0.1) is 0 Å². The van der Waals surface area contributed by atoms with Crippen LogP contribution in [-0.4, -0.2) is 34.3 Å². The van der Waals surface area contributed by atoms with Gasteiger partial charge in [0.25, 0.3) is 5.76 Å². The molecule has 1 saturated heterocycles. The van der Waals surface area contributed by atoms with Crippen LogP contribution in [0, 0.1) is 5.82 Å². The predicted octanol–water partition coefficient (Wildman–Crippen LogP) is 4.73. The predicted molar refractivity (Wildman–Crippen MR) is 108 cm³/mol. The van der Waals surface area contributed by atoms with Crippen molar-refractivity contribution in [1.29, 1.82) is 0 Å². The molecule has 1 aromatic heterocycles. The van der Waals surface area contributed by atoms with E-state index in [1.54, 1.807) is 36.4 Å². The van der Waals surface area contributed by atoms with Crippen LogP contribution in [0.4, 0.5) is 24.5 Å². The van der Waals surface area contributed by atoms with Gasteiger partial charge < -0.3 is 14.8 Å². The van der Waals surface area contributed by atoms with Crippen molar-refractivity contribution in [2.24, 2.45) is 0 Å². The number of amides is 1. The minimum atomic E-state index is -2.66. The minimum absolute atomic E-state index is 0.0460. The minimum Gasteiger partial charge on any atom is -0.370 e. The summed E-state index contributed by atoms with van der Waals surface area (Å²) in [5.74, 6) is -3.70. The Kier molecular flexibility index (Phi) is 5.66. The topological polar surface area (TPSA) is 50.2 Å². The van der Waals surface area contributed by atoms with Crippen molar-refractivity contribution in [1.82, 2.24) is 9.55 Å². The molecule has 2 heterocycles. The van der Waals surface area contributed by atoms with Gasteiger partial charge in [-0.25, -0.2) is 9.37 Å². The molecule has 9 heteroatoms. The van der Waals surface area contributed by atoms with Crippen LogP contribution < -0.4 is 10.2 Å². The first-order valence-electron chi connectivity index (χ1n) is 9.26. The molecule has 1 amide bonds. The number of nitrogens with one attached hydrogen (secondary N) is 1. The number of imidazole rings is 1. The monoisotopic (exact) mass is 420 g/mol. The van der Waals surface area contributed by atoms with Gasteiger partial charge in [0.1, 0.15) is 18.0 Å². The third-order valence-corrected chi connectivity index (χ3v) is 5.52. The normalized spacial score (nSPS) is 14.1. The number of benzene rings is 2. The molecule has 2 aromatic carbocycles. The number of alkyl halides is 2. The molecule has 152 valence electrons. The molecule has 1 aliphatic heterocycles. The Hall–Kier alpha value is -2.68. The van der Waals surface area contributed by atoms with Gasteiger partial charge in [0, 0.05) is 13.1 Å². The zero-order chi connectivity index (χ0) is 20.4. The lowest BCUT2D eigenvalue weighted by Gasteiger charge is -2.22. The largest absolute Gasteiger partial charge is 0.370 e. The van der Waals surface area contributed by atoms with E-state index in [0.29, 0.717) is 16.7 Å². The van der Waals surface area contributed by atoms with Crippen molar-refractivity contribution in [2.75, 3.05) is 23.3 Å². The van der Waals surface area contributed by atoms with Crippen LogP contribution in [0.25, 0.3) is 11.0 Å². The number of anilines is 2. The van der Waals surface area contributed by atoms with Gasteiger partial charge in [0.2, 0.25) is 5.91 Å². The molecule has 0 bridgehead atoms. The summed E-state index contributed by atoms with van der Waals surface area (Å²) in [5, 5.41) is 2.68. The molecule has 0 unspecified atom stereocenters. The summed E-state index contributed by atoms with van der Waals surface area (Å²) in [6.45, 7) is 1.35. The molecular formula is C20H19F3N4OS. The Morgan fingerprint density at radius 3 is 2.66 bits per heavy atom. The highest BCUT2D eigenvalue weighted by Gasteiger charge is 2.22. The molecule has 29 heavy (non-hydrogen) atoms. The number of nitrogens with zero attached hydrogens (tertiary/aromatic N) is 3. The van der Waals surface area contributed by atoms with E-state index in [4.69, 9.17) is 0 Å².